The first-order valence-corrected chi connectivity index (χ1v) is 6.58. The molecule has 0 bridgehead atoms. The number of methoxy groups -OCH3 is 1. The largest absolute Gasteiger partial charge is 0.496 e. The number of rotatable bonds is 6. The Morgan fingerprint density at radius 3 is 2.65 bits per heavy atom. The number of halogens is 1. The third-order valence-corrected chi connectivity index (χ3v) is 3.39. The van der Waals surface area contributed by atoms with Crippen LogP contribution < -0.4 is 10.1 Å². The van der Waals surface area contributed by atoms with E-state index in [-0.39, 0.29) is 12.6 Å². The molecule has 3 nitrogen and oxygen atoms in total. The summed E-state index contributed by atoms with van der Waals surface area (Å²) in [5, 5.41) is 12.3. The van der Waals surface area contributed by atoms with Crippen molar-refractivity contribution in [3.05, 3.63) is 28.2 Å². The van der Waals surface area contributed by atoms with Gasteiger partial charge >= 0.3 is 0 Å². The van der Waals surface area contributed by atoms with Crippen molar-refractivity contribution >= 4 is 15.9 Å². The second-order valence-corrected chi connectivity index (χ2v) is 5.05. The maximum Gasteiger partial charge on any atom is 0.133 e. The molecule has 0 amide bonds. The third-order valence-electron chi connectivity index (χ3n) is 2.77. The zero-order valence-corrected chi connectivity index (χ0v) is 12.1. The molecule has 17 heavy (non-hydrogen) atoms. The van der Waals surface area contributed by atoms with Gasteiger partial charge in [-0.3, -0.25) is 0 Å². The third kappa shape index (κ3) is 4.30. The summed E-state index contributed by atoms with van der Waals surface area (Å²) in [5.41, 5.74) is 1.20. The van der Waals surface area contributed by atoms with Crippen molar-refractivity contribution in [2.24, 2.45) is 0 Å². The minimum atomic E-state index is 0.215. The Kier molecular flexibility index (Phi) is 5.95. The van der Waals surface area contributed by atoms with Crippen LogP contribution in [0.15, 0.2) is 22.7 Å². The maximum absolute atomic E-state index is 8.87. The molecule has 0 fully saturated rings. The fraction of sp³-hybridized carbons (Fsp3) is 0.538. The molecule has 0 aromatic heterocycles. The summed E-state index contributed by atoms with van der Waals surface area (Å²) in [7, 11) is 1.66. The van der Waals surface area contributed by atoms with Crippen molar-refractivity contribution in [3.8, 4) is 5.75 Å². The SMILES string of the molecule is COc1ccc(C(C)NC(C)CCO)cc1Br. The van der Waals surface area contributed by atoms with E-state index >= 15 is 0 Å². The summed E-state index contributed by atoms with van der Waals surface area (Å²) in [5.74, 6) is 0.837. The van der Waals surface area contributed by atoms with Crippen LogP contribution in [0.5, 0.6) is 5.75 Å². The van der Waals surface area contributed by atoms with E-state index in [2.05, 4.69) is 41.2 Å². The minimum Gasteiger partial charge on any atom is -0.496 e. The Hall–Kier alpha value is -0.580. The number of hydrogen-bond donors (Lipinski definition) is 2. The molecule has 0 aliphatic heterocycles. The molecule has 1 rings (SSSR count). The summed E-state index contributed by atoms with van der Waals surface area (Å²) in [6.45, 7) is 4.40. The lowest BCUT2D eigenvalue weighted by Crippen LogP contribution is -2.29. The fourth-order valence-electron chi connectivity index (χ4n) is 1.75. The van der Waals surface area contributed by atoms with Gasteiger partial charge in [-0.05, 0) is 53.9 Å². The zero-order chi connectivity index (χ0) is 12.8. The van der Waals surface area contributed by atoms with Crippen molar-refractivity contribution < 1.29 is 9.84 Å². The first kappa shape index (κ1) is 14.5. The highest BCUT2D eigenvalue weighted by atomic mass is 79.9. The predicted molar refractivity (Wildman–Crippen MR) is 73.4 cm³/mol. The lowest BCUT2D eigenvalue weighted by Gasteiger charge is -2.20. The Labute approximate surface area is 111 Å². The second-order valence-electron chi connectivity index (χ2n) is 4.20. The van der Waals surface area contributed by atoms with E-state index in [9.17, 15) is 0 Å². The molecule has 0 radical (unpaired) electrons. The monoisotopic (exact) mass is 301 g/mol. The highest BCUT2D eigenvalue weighted by Gasteiger charge is 2.10. The van der Waals surface area contributed by atoms with E-state index in [1.54, 1.807) is 7.11 Å². The smallest absolute Gasteiger partial charge is 0.133 e. The van der Waals surface area contributed by atoms with E-state index in [1.807, 2.05) is 12.1 Å². The van der Waals surface area contributed by atoms with Gasteiger partial charge in [-0.15, -0.1) is 0 Å². The van der Waals surface area contributed by atoms with Crippen molar-refractivity contribution in [2.45, 2.75) is 32.4 Å². The normalized spacial score (nSPS) is 14.4. The average molecular weight is 302 g/mol. The number of benzene rings is 1. The number of aliphatic hydroxyl groups is 1. The van der Waals surface area contributed by atoms with Crippen LogP contribution in [0.3, 0.4) is 0 Å². The van der Waals surface area contributed by atoms with Gasteiger partial charge in [0.25, 0.3) is 0 Å². The van der Waals surface area contributed by atoms with E-state index in [1.165, 1.54) is 5.56 Å². The van der Waals surface area contributed by atoms with Crippen LogP contribution in [0.1, 0.15) is 31.9 Å². The zero-order valence-electron chi connectivity index (χ0n) is 10.5. The molecule has 0 aliphatic rings. The molecular weight excluding hydrogens is 282 g/mol. The first-order valence-electron chi connectivity index (χ1n) is 5.78. The molecule has 1 aromatic rings. The molecule has 1 aromatic carbocycles. The van der Waals surface area contributed by atoms with Gasteiger partial charge in [0, 0.05) is 18.7 Å². The second kappa shape index (κ2) is 6.99. The Balaban J connectivity index is 2.69. The van der Waals surface area contributed by atoms with Crippen molar-refractivity contribution in [2.75, 3.05) is 13.7 Å². The molecular formula is C13H20BrNO2. The molecule has 0 saturated heterocycles. The molecule has 2 unspecified atom stereocenters. The lowest BCUT2D eigenvalue weighted by atomic mass is 10.1. The van der Waals surface area contributed by atoms with Gasteiger partial charge in [-0.2, -0.15) is 0 Å². The standard InChI is InChI=1S/C13H20BrNO2/c1-9(6-7-16)15-10(2)11-4-5-13(17-3)12(14)8-11/h4-5,8-10,15-16H,6-7H2,1-3H3. The number of nitrogens with one attached hydrogen (secondary N) is 1. The van der Waals surface area contributed by atoms with Gasteiger partial charge in [0.15, 0.2) is 0 Å². The minimum absolute atomic E-state index is 0.215. The Morgan fingerprint density at radius 2 is 2.12 bits per heavy atom. The van der Waals surface area contributed by atoms with E-state index in [0.29, 0.717) is 6.04 Å². The van der Waals surface area contributed by atoms with Gasteiger partial charge in [0.1, 0.15) is 5.75 Å². The average Bonchev–Trinajstić information content (AvgIpc) is 2.29. The van der Waals surface area contributed by atoms with Crippen molar-refractivity contribution in [3.63, 3.8) is 0 Å². The summed E-state index contributed by atoms with van der Waals surface area (Å²) in [6, 6.07) is 6.61. The van der Waals surface area contributed by atoms with Gasteiger partial charge in [-0.25, -0.2) is 0 Å². The summed E-state index contributed by atoms with van der Waals surface area (Å²) >= 11 is 3.48. The topological polar surface area (TPSA) is 41.5 Å². The highest BCUT2D eigenvalue weighted by molar-refractivity contribution is 9.10. The van der Waals surface area contributed by atoms with Crippen molar-refractivity contribution in [1.29, 1.82) is 0 Å². The van der Waals surface area contributed by atoms with E-state index in [0.717, 1.165) is 16.6 Å². The molecule has 2 N–H and O–H groups in total. The van der Waals surface area contributed by atoms with Gasteiger partial charge in [-0.1, -0.05) is 6.07 Å². The van der Waals surface area contributed by atoms with Crippen LogP contribution in [-0.4, -0.2) is 24.9 Å². The van der Waals surface area contributed by atoms with Crippen LogP contribution in [-0.2, 0) is 0 Å². The van der Waals surface area contributed by atoms with Crippen LogP contribution in [0.25, 0.3) is 0 Å². The van der Waals surface area contributed by atoms with Crippen LogP contribution in [0, 0.1) is 0 Å². The fourth-order valence-corrected chi connectivity index (χ4v) is 2.31. The maximum atomic E-state index is 8.87. The van der Waals surface area contributed by atoms with Crippen LogP contribution in [0.2, 0.25) is 0 Å². The highest BCUT2D eigenvalue weighted by Crippen LogP contribution is 2.28. The number of ether oxygens (including phenoxy) is 1. The molecule has 0 heterocycles. The molecule has 0 spiro atoms. The molecule has 4 heteroatoms. The van der Waals surface area contributed by atoms with Crippen molar-refractivity contribution in [1.82, 2.24) is 5.32 Å². The van der Waals surface area contributed by atoms with Gasteiger partial charge < -0.3 is 15.2 Å². The Morgan fingerprint density at radius 1 is 1.41 bits per heavy atom. The molecule has 96 valence electrons. The van der Waals surface area contributed by atoms with E-state index in [4.69, 9.17) is 9.84 Å². The van der Waals surface area contributed by atoms with E-state index < -0.39 is 0 Å². The quantitative estimate of drug-likeness (QED) is 0.849. The van der Waals surface area contributed by atoms with Crippen LogP contribution >= 0.6 is 15.9 Å². The lowest BCUT2D eigenvalue weighted by molar-refractivity contribution is 0.264. The number of aliphatic hydroxyl groups excluding tert-OH is 1. The first-order chi connectivity index (χ1) is 8.08. The van der Waals surface area contributed by atoms with Gasteiger partial charge in [0.2, 0.25) is 0 Å². The Bertz CT molecular complexity index is 357. The summed E-state index contributed by atoms with van der Waals surface area (Å²) in [6.07, 6.45) is 0.766. The molecule has 0 aliphatic carbocycles. The summed E-state index contributed by atoms with van der Waals surface area (Å²) in [4.78, 5) is 0. The molecule has 0 saturated carbocycles. The predicted octanol–water partition coefficient (Wildman–Crippen LogP) is 2.88. The number of hydrogen-bond acceptors (Lipinski definition) is 3. The van der Waals surface area contributed by atoms with Gasteiger partial charge in [0.05, 0.1) is 11.6 Å². The van der Waals surface area contributed by atoms with Crippen LogP contribution in [0.4, 0.5) is 0 Å². The summed E-state index contributed by atoms with van der Waals surface area (Å²) < 4.78 is 6.16. The molecule has 2 atom stereocenters.